The van der Waals surface area contributed by atoms with Crippen LogP contribution in [0.2, 0.25) is 5.02 Å². The molecule has 1 N–H and O–H groups in total. The van der Waals surface area contributed by atoms with E-state index in [1.807, 2.05) is 24.3 Å². The molecule has 1 unspecified atom stereocenters. The number of nitrogens with zero attached hydrogens (tertiary/aromatic N) is 4. The highest BCUT2D eigenvalue weighted by Crippen LogP contribution is 2.29. The minimum absolute atomic E-state index is 0.454. The van der Waals surface area contributed by atoms with Crippen molar-refractivity contribution in [2.45, 2.75) is 71.1 Å². The van der Waals surface area contributed by atoms with Crippen LogP contribution in [0.1, 0.15) is 67.2 Å². The van der Waals surface area contributed by atoms with Crippen LogP contribution in [0.15, 0.2) is 54.7 Å². The van der Waals surface area contributed by atoms with Gasteiger partial charge < -0.3 is 24.1 Å². The van der Waals surface area contributed by atoms with E-state index in [0.717, 1.165) is 42.5 Å². The lowest BCUT2D eigenvalue weighted by molar-refractivity contribution is 0.172. The molecule has 6 nitrogen and oxygen atoms in total. The Morgan fingerprint density at radius 1 is 1.00 bits per heavy atom. The molecule has 2 aromatic heterocycles. The molecule has 0 aliphatic carbocycles. The molecule has 6 rings (SSSR count). The summed E-state index contributed by atoms with van der Waals surface area (Å²) < 4.78 is 10.8. The van der Waals surface area contributed by atoms with Crippen LogP contribution in [0.25, 0.3) is 11.0 Å². The van der Waals surface area contributed by atoms with Gasteiger partial charge in [-0.2, -0.15) is 0 Å². The maximum atomic E-state index is 6.10. The summed E-state index contributed by atoms with van der Waals surface area (Å²) in [5.74, 6) is 2.63. The fraction of sp³-hybridized carbons (Fsp3) is 0.500. The van der Waals surface area contributed by atoms with Gasteiger partial charge in [-0.05, 0) is 119 Å². The Hall–Kier alpha value is -2.80. The third kappa shape index (κ3) is 6.66. The molecule has 1 fully saturated rings. The first-order valence-electron chi connectivity index (χ1n) is 15.5. The summed E-state index contributed by atoms with van der Waals surface area (Å²) >= 11 is 6.04. The summed E-state index contributed by atoms with van der Waals surface area (Å²) in [4.78, 5) is 7.69. The SMILES string of the molecule is Cc1cccc2c1nc(COc1ccc(Cl)cc1)n2CCCC1CCN(CCCC2NCCc3c2ccn3C)CC1. The van der Waals surface area contributed by atoms with Gasteiger partial charge >= 0.3 is 0 Å². The Bertz CT molecular complexity index is 1430. The van der Waals surface area contributed by atoms with Crippen LogP contribution < -0.4 is 10.1 Å². The fourth-order valence-electron chi connectivity index (χ4n) is 6.88. The van der Waals surface area contributed by atoms with Gasteiger partial charge in [0.15, 0.2) is 0 Å². The first-order chi connectivity index (χ1) is 20.0. The predicted molar refractivity (Wildman–Crippen MR) is 168 cm³/mol. The number of piperidine rings is 1. The molecule has 218 valence electrons. The number of nitrogens with one attached hydrogen (secondary N) is 1. The zero-order valence-electron chi connectivity index (χ0n) is 24.6. The Morgan fingerprint density at radius 3 is 2.63 bits per heavy atom. The predicted octanol–water partition coefficient (Wildman–Crippen LogP) is 7.08. The van der Waals surface area contributed by atoms with Gasteiger partial charge in [-0.15, -0.1) is 0 Å². The second-order valence-electron chi connectivity index (χ2n) is 12.0. The molecule has 2 aliphatic rings. The van der Waals surface area contributed by atoms with Gasteiger partial charge in [0.25, 0.3) is 0 Å². The van der Waals surface area contributed by atoms with Gasteiger partial charge in [0, 0.05) is 49.5 Å². The lowest BCUT2D eigenvalue weighted by Crippen LogP contribution is -2.35. The van der Waals surface area contributed by atoms with Gasteiger partial charge in [-0.25, -0.2) is 4.98 Å². The van der Waals surface area contributed by atoms with E-state index < -0.39 is 0 Å². The normalized spacial score (nSPS) is 18.2. The molecule has 0 amide bonds. The average Bonchev–Trinajstić information content (AvgIpc) is 3.55. The van der Waals surface area contributed by atoms with Crippen LogP contribution >= 0.6 is 11.6 Å². The van der Waals surface area contributed by atoms with E-state index in [4.69, 9.17) is 21.3 Å². The van der Waals surface area contributed by atoms with E-state index in [0.29, 0.717) is 17.7 Å². The van der Waals surface area contributed by atoms with Crippen LogP contribution in [-0.4, -0.2) is 45.2 Å². The molecule has 4 aromatic rings. The Labute approximate surface area is 249 Å². The number of likely N-dealkylation sites (tertiary alicyclic amines) is 1. The van der Waals surface area contributed by atoms with Crippen LogP contribution in [0.4, 0.5) is 0 Å². The number of para-hydroxylation sites is 1. The number of ether oxygens (including phenoxy) is 1. The third-order valence-electron chi connectivity index (χ3n) is 9.27. The molecule has 0 bridgehead atoms. The Morgan fingerprint density at radius 2 is 1.80 bits per heavy atom. The topological polar surface area (TPSA) is 47.2 Å². The maximum Gasteiger partial charge on any atom is 0.148 e. The van der Waals surface area contributed by atoms with E-state index in [1.54, 1.807) is 0 Å². The quantitative estimate of drug-likeness (QED) is 0.208. The minimum atomic E-state index is 0.454. The molecule has 4 heterocycles. The summed E-state index contributed by atoms with van der Waals surface area (Å²) in [5, 5.41) is 4.47. The number of halogens is 1. The number of aromatic nitrogens is 3. The molecule has 1 saturated heterocycles. The van der Waals surface area contributed by atoms with Gasteiger partial charge in [0.2, 0.25) is 0 Å². The molecule has 2 aromatic carbocycles. The van der Waals surface area contributed by atoms with Crippen LogP contribution in [0, 0.1) is 12.8 Å². The zero-order valence-corrected chi connectivity index (χ0v) is 25.4. The molecular weight excluding hydrogens is 530 g/mol. The van der Waals surface area contributed by atoms with Crippen molar-refractivity contribution < 1.29 is 4.74 Å². The van der Waals surface area contributed by atoms with Gasteiger partial charge in [-0.1, -0.05) is 23.7 Å². The van der Waals surface area contributed by atoms with E-state index in [2.05, 4.69) is 63.8 Å². The smallest absolute Gasteiger partial charge is 0.148 e. The van der Waals surface area contributed by atoms with Crippen molar-refractivity contribution in [2.24, 2.45) is 13.0 Å². The van der Waals surface area contributed by atoms with Crippen LogP contribution in [0.3, 0.4) is 0 Å². The highest BCUT2D eigenvalue weighted by molar-refractivity contribution is 6.30. The molecule has 1 atom stereocenters. The number of rotatable bonds is 11. The molecule has 7 heteroatoms. The van der Waals surface area contributed by atoms with Gasteiger partial charge in [0.1, 0.15) is 18.2 Å². The van der Waals surface area contributed by atoms with E-state index >= 15 is 0 Å². The second-order valence-corrected chi connectivity index (χ2v) is 12.5. The first-order valence-corrected chi connectivity index (χ1v) is 15.9. The number of aryl methyl sites for hydroxylation is 3. The van der Waals surface area contributed by atoms with E-state index in [9.17, 15) is 0 Å². The lowest BCUT2D eigenvalue weighted by atomic mass is 9.91. The molecule has 41 heavy (non-hydrogen) atoms. The number of hydrogen-bond acceptors (Lipinski definition) is 4. The van der Waals surface area contributed by atoms with E-state index in [1.165, 1.54) is 80.5 Å². The summed E-state index contributed by atoms with van der Waals surface area (Å²) in [7, 11) is 2.18. The fourth-order valence-corrected chi connectivity index (χ4v) is 7.01. The molecule has 0 radical (unpaired) electrons. The van der Waals surface area contributed by atoms with Crippen LogP contribution in [-0.2, 0) is 26.6 Å². The van der Waals surface area contributed by atoms with Gasteiger partial charge in [-0.3, -0.25) is 0 Å². The number of imidazole rings is 1. The van der Waals surface area contributed by atoms with Crippen molar-refractivity contribution in [3.8, 4) is 5.75 Å². The van der Waals surface area contributed by atoms with Crippen LogP contribution in [0.5, 0.6) is 5.75 Å². The monoisotopic (exact) mass is 573 g/mol. The first kappa shape index (κ1) is 28.3. The second kappa shape index (κ2) is 13.0. The largest absolute Gasteiger partial charge is 0.486 e. The summed E-state index contributed by atoms with van der Waals surface area (Å²) in [6.07, 6.45) is 11.0. The maximum absolute atomic E-state index is 6.10. The van der Waals surface area contributed by atoms with Crippen molar-refractivity contribution >= 4 is 22.6 Å². The molecule has 0 spiro atoms. The highest BCUT2D eigenvalue weighted by atomic mass is 35.5. The zero-order chi connectivity index (χ0) is 28.2. The van der Waals surface area contributed by atoms with Crippen molar-refractivity contribution in [1.29, 1.82) is 0 Å². The summed E-state index contributed by atoms with van der Waals surface area (Å²) in [6, 6.07) is 16.9. The number of benzene rings is 2. The average molecular weight is 574 g/mol. The minimum Gasteiger partial charge on any atom is -0.486 e. The number of fused-ring (bicyclic) bond motifs is 2. The molecular formula is C34H44ClN5O. The third-order valence-corrected chi connectivity index (χ3v) is 9.53. The lowest BCUT2D eigenvalue weighted by Gasteiger charge is -2.33. The number of hydrogen-bond donors (Lipinski definition) is 1. The van der Waals surface area contributed by atoms with Crippen molar-refractivity contribution in [3.63, 3.8) is 0 Å². The standard InChI is InChI=1S/C34H44ClN5O/c1-25-6-3-9-32-34(25)37-33(24-41-28-12-10-27(35)11-13-28)40(32)20-4-7-26-15-22-39(23-16-26)19-5-8-30-29-17-21-38(2)31(29)14-18-36-30/h3,6,9-13,17,21,26,30,36H,4-5,7-8,14-16,18-20,22-24H2,1-2H3. The van der Waals surface area contributed by atoms with Gasteiger partial charge in [0.05, 0.1) is 11.0 Å². The summed E-state index contributed by atoms with van der Waals surface area (Å²) in [5.41, 5.74) is 6.56. The molecule has 0 saturated carbocycles. The van der Waals surface area contributed by atoms with Crippen molar-refractivity contribution in [2.75, 3.05) is 26.2 Å². The Kier molecular flexibility index (Phi) is 8.99. The Balaban J connectivity index is 0.971. The highest BCUT2D eigenvalue weighted by Gasteiger charge is 2.23. The molecule has 2 aliphatic heterocycles. The van der Waals surface area contributed by atoms with E-state index in [-0.39, 0.29) is 0 Å². The summed E-state index contributed by atoms with van der Waals surface area (Å²) in [6.45, 7) is 8.39. The van der Waals surface area contributed by atoms with Crippen molar-refractivity contribution in [3.05, 3.63) is 82.4 Å². The van der Waals surface area contributed by atoms with Crippen molar-refractivity contribution in [1.82, 2.24) is 24.3 Å².